The first-order valence-corrected chi connectivity index (χ1v) is 8.26. The lowest BCUT2D eigenvalue weighted by Gasteiger charge is -2.27. The highest BCUT2D eigenvalue weighted by Crippen LogP contribution is 2.30. The van der Waals surface area contributed by atoms with Crippen LogP contribution < -0.4 is 5.32 Å². The Morgan fingerprint density at radius 3 is 2.76 bits per heavy atom. The minimum Gasteiger partial charge on any atom is -0.312 e. The molecule has 1 aliphatic rings. The number of fused-ring (bicyclic) bond motifs is 1. The second-order valence-electron chi connectivity index (χ2n) is 6.48. The molecule has 2 aromatic rings. The van der Waals surface area contributed by atoms with Crippen molar-refractivity contribution < 1.29 is 0 Å². The van der Waals surface area contributed by atoms with Crippen molar-refractivity contribution in [2.24, 2.45) is 11.8 Å². The third-order valence-electron chi connectivity index (χ3n) is 4.79. The maximum atomic E-state index is 4.45. The standard InChI is InChI=1S/C17H26N4/c1-3-14-4-6-15(7-5-14)9-18-10-16-11-19-17-8-13(2)20-21(17)12-16/h8,11-12,14-15,18H,3-7,9-10H2,1-2H3. The molecule has 1 N–H and O–H groups in total. The third kappa shape index (κ3) is 3.62. The van der Waals surface area contributed by atoms with Crippen LogP contribution in [-0.4, -0.2) is 21.1 Å². The van der Waals surface area contributed by atoms with E-state index in [2.05, 4.69) is 28.5 Å². The van der Waals surface area contributed by atoms with Gasteiger partial charge in [0.25, 0.3) is 0 Å². The van der Waals surface area contributed by atoms with Crippen LogP contribution in [-0.2, 0) is 6.54 Å². The average molecular weight is 286 g/mol. The molecule has 0 unspecified atom stereocenters. The smallest absolute Gasteiger partial charge is 0.155 e. The molecule has 114 valence electrons. The zero-order valence-corrected chi connectivity index (χ0v) is 13.2. The summed E-state index contributed by atoms with van der Waals surface area (Å²) in [5.74, 6) is 1.84. The van der Waals surface area contributed by atoms with Crippen molar-refractivity contribution in [2.75, 3.05) is 6.54 Å². The Bertz CT molecular complexity index is 581. The van der Waals surface area contributed by atoms with Gasteiger partial charge in [0.15, 0.2) is 5.65 Å². The van der Waals surface area contributed by atoms with E-state index < -0.39 is 0 Å². The second kappa shape index (κ2) is 6.56. The maximum absolute atomic E-state index is 4.45. The molecule has 0 aliphatic heterocycles. The van der Waals surface area contributed by atoms with Crippen molar-refractivity contribution in [3.63, 3.8) is 0 Å². The molecule has 4 nitrogen and oxygen atoms in total. The second-order valence-corrected chi connectivity index (χ2v) is 6.48. The Kier molecular flexibility index (Phi) is 4.54. The van der Waals surface area contributed by atoms with Crippen LogP contribution in [0.5, 0.6) is 0 Å². The van der Waals surface area contributed by atoms with Gasteiger partial charge in [-0.3, -0.25) is 0 Å². The molecular formula is C17H26N4. The van der Waals surface area contributed by atoms with Crippen LogP contribution in [0.25, 0.3) is 5.65 Å². The van der Waals surface area contributed by atoms with E-state index in [4.69, 9.17) is 0 Å². The Morgan fingerprint density at radius 2 is 2.00 bits per heavy atom. The summed E-state index contributed by atoms with van der Waals surface area (Å²) in [6.07, 6.45) is 11.0. The van der Waals surface area contributed by atoms with Gasteiger partial charge < -0.3 is 5.32 Å². The van der Waals surface area contributed by atoms with Crippen LogP contribution in [0.4, 0.5) is 0 Å². The van der Waals surface area contributed by atoms with E-state index in [0.29, 0.717) is 0 Å². The first-order chi connectivity index (χ1) is 10.2. The van der Waals surface area contributed by atoms with Crippen molar-refractivity contribution in [2.45, 2.75) is 52.5 Å². The number of hydrogen-bond acceptors (Lipinski definition) is 3. The van der Waals surface area contributed by atoms with Crippen LogP contribution in [0.1, 0.15) is 50.3 Å². The summed E-state index contributed by atoms with van der Waals surface area (Å²) in [4.78, 5) is 4.45. The van der Waals surface area contributed by atoms with E-state index in [-0.39, 0.29) is 0 Å². The van der Waals surface area contributed by atoms with Crippen LogP contribution in [0.3, 0.4) is 0 Å². The fourth-order valence-corrected chi connectivity index (χ4v) is 3.39. The van der Waals surface area contributed by atoms with Gasteiger partial charge in [0.2, 0.25) is 0 Å². The van der Waals surface area contributed by atoms with Crippen molar-refractivity contribution in [1.29, 1.82) is 0 Å². The van der Waals surface area contributed by atoms with E-state index >= 15 is 0 Å². The summed E-state index contributed by atoms with van der Waals surface area (Å²) in [6, 6.07) is 2.00. The number of aromatic nitrogens is 3. The SMILES string of the molecule is CCC1CCC(CNCc2cnc3cc(C)nn3c2)CC1. The molecule has 1 saturated carbocycles. The highest BCUT2D eigenvalue weighted by Gasteiger charge is 2.19. The Balaban J connectivity index is 1.48. The fraction of sp³-hybridized carbons (Fsp3) is 0.647. The molecule has 0 saturated heterocycles. The topological polar surface area (TPSA) is 42.2 Å². The maximum Gasteiger partial charge on any atom is 0.155 e. The minimum atomic E-state index is 0.858. The highest BCUT2D eigenvalue weighted by molar-refractivity contribution is 5.38. The molecule has 0 atom stereocenters. The normalized spacial score (nSPS) is 22.8. The first-order valence-electron chi connectivity index (χ1n) is 8.26. The highest BCUT2D eigenvalue weighted by atomic mass is 15.2. The molecule has 1 aliphatic carbocycles. The van der Waals surface area contributed by atoms with Crippen molar-refractivity contribution in [1.82, 2.24) is 19.9 Å². The minimum absolute atomic E-state index is 0.858. The summed E-state index contributed by atoms with van der Waals surface area (Å²) in [5, 5.41) is 8.01. The zero-order valence-electron chi connectivity index (χ0n) is 13.2. The van der Waals surface area contributed by atoms with Crippen molar-refractivity contribution >= 4 is 5.65 Å². The van der Waals surface area contributed by atoms with Crippen LogP contribution in [0.15, 0.2) is 18.5 Å². The summed E-state index contributed by atoms with van der Waals surface area (Å²) in [6.45, 7) is 6.34. The molecule has 3 rings (SSSR count). The summed E-state index contributed by atoms with van der Waals surface area (Å²) in [7, 11) is 0. The summed E-state index contributed by atoms with van der Waals surface area (Å²) >= 11 is 0. The number of rotatable bonds is 5. The molecule has 0 radical (unpaired) electrons. The van der Waals surface area contributed by atoms with Gasteiger partial charge in [-0.1, -0.05) is 26.2 Å². The fourth-order valence-electron chi connectivity index (χ4n) is 3.39. The molecule has 4 heteroatoms. The van der Waals surface area contributed by atoms with Crippen molar-refractivity contribution in [3.05, 3.63) is 29.7 Å². The monoisotopic (exact) mass is 286 g/mol. The molecule has 2 aromatic heterocycles. The van der Waals surface area contributed by atoms with Gasteiger partial charge in [0.1, 0.15) is 0 Å². The summed E-state index contributed by atoms with van der Waals surface area (Å²) in [5.41, 5.74) is 3.14. The Labute approximate surface area is 127 Å². The van der Waals surface area contributed by atoms with E-state index in [9.17, 15) is 0 Å². The summed E-state index contributed by atoms with van der Waals surface area (Å²) < 4.78 is 1.87. The van der Waals surface area contributed by atoms with Gasteiger partial charge in [0.05, 0.1) is 5.69 Å². The largest absolute Gasteiger partial charge is 0.312 e. The molecule has 0 bridgehead atoms. The first kappa shape index (κ1) is 14.5. The number of nitrogens with one attached hydrogen (secondary N) is 1. The lowest BCUT2D eigenvalue weighted by molar-refractivity contribution is 0.262. The molecule has 0 aromatic carbocycles. The van der Waals surface area contributed by atoms with Crippen LogP contribution in [0, 0.1) is 18.8 Å². The Morgan fingerprint density at radius 1 is 1.24 bits per heavy atom. The molecule has 21 heavy (non-hydrogen) atoms. The quantitative estimate of drug-likeness (QED) is 0.916. The molecule has 0 spiro atoms. The van der Waals surface area contributed by atoms with Gasteiger partial charge >= 0.3 is 0 Å². The third-order valence-corrected chi connectivity index (χ3v) is 4.79. The molecule has 1 fully saturated rings. The van der Waals surface area contributed by atoms with Gasteiger partial charge in [-0.15, -0.1) is 0 Å². The number of nitrogens with zero attached hydrogens (tertiary/aromatic N) is 3. The number of hydrogen-bond donors (Lipinski definition) is 1. The average Bonchev–Trinajstić information content (AvgIpc) is 2.87. The van der Waals surface area contributed by atoms with E-state index in [1.165, 1.54) is 37.7 Å². The molecule has 0 amide bonds. The van der Waals surface area contributed by atoms with Crippen molar-refractivity contribution in [3.8, 4) is 0 Å². The Hall–Kier alpha value is -1.42. The number of aryl methyl sites for hydroxylation is 1. The predicted molar refractivity (Wildman–Crippen MR) is 85.2 cm³/mol. The van der Waals surface area contributed by atoms with Gasteiger partial charge in [0, 0.05) is 30.6 Å². The van der Waals surface area contributed by atoms with E-state index in [1.54, 1.807) is 0 Å². The lowest BCUT2D eigenvalue weighted by atomic mass is 9.81. The lowest BCUT2D eigenvalue weighted by Crippen LogP contribution is -2.26. The van der Waals surface area contributed by atoms with Gasteiger partial charge in [-0.25, -0.2) is 9.50 Å². The zero-order chi connectivity index (χ0) is 14.7. The molecular weight excluding hydrogens is 260 g/mol. The van der Waals surface area contributed by atoms with Gasteiger partial charge in [-0.2, -0.15) is 5.10 Å². The van der Waals surface area contributed by atoms with E-state index in [0.717, 1.165) is 36.3 Å². The predicted octanol–water partition coefficient (Wildman–Crippen LogP) is 3.34. The van der Waals surface area contributed by atoms with Crippen LogP contribution in [0.2, 0.25) is 0 Å². The van der Waals surface area contributed by atoms with Gasteiger partial charge in [-0.05, 0) is 38.1 Å². The van der Waals surface area contributed by atoms with Crippen LogP contribution >= 0.6 is 0 Å². The molecule has 2 heterocycles. The van der Waals surface area contributed by atoms with E-state index in [1.807, 2.05) is 23.7 Å².